The second kappa shape index (κ2) is 5.77. The number of halogens is 2. The van der Waals surface area contributed by atoms with Gasteiger partial charge in [0.2, 0.25) is 0 Å². The summed E-state index contributed by atoms with van der Waals surface area (Å²) in [5.41, 5.74) is 0.471. The molecule has 1 aromatic rings. The van der Waals surface area contributed by atoms with Crippen LogP contribution in [0.1, 0.15) is 18.4 Å². The van der Waals surface area contributed by atoms with Gasteiger partial charge >= 0.3 is 0 Å². The molecule has 1 rings (SSSR count). The molecule has 0 radical (unpaired) electrons. The number of sulfone groups is 1. The molecule has 0 amide bonds. The lowest BCUT2D eigenvalue weighted by molar-refractivity contribution is 0.590. The largest absolute Gasteiger partial charge is 0.224 e. The molecule has 0 unspecified atom stereocenters. The molecule has 5 heteroatoms. The van der Waals surface area contributed by atoms with E-state index in [1.807, 2.05) is 0 Å². The van der Waals surface area contributed by atoms with E-state index in [1.165, 1.54) is 18.2 Å². The van der Waals surface area contributed by atoms with E-state index < -0.39 is 15.7 Å². The molecule has 0 saturated carbocycles. The van der Waals surface area contributed by atoms with E-state index >= 15 is 0 Å². The molecule has 0 aliphatic rings. The van der Waals surface area contributed by atoms with Crippen LogP contribution in [0, 0.1) is 12.7 Å². The van der Waals surface area contributed by atoms with E-state index in [9.17, 15) is 12.8 Å². The SMILES string of the molecule is Cc1cc(F)ccc1S(=O)(=O)CCCCBr. The van der Waals surface area contributed by atoms with Gasteiger partial charge in [0, 0.05) is 5.33 Å². The summed E-state index contributed by atoms with van der Waals surface area (Å²) in [7, 11) is -3.27. The van der Waals surface area contributed by atoms with Crippen molar-refractivity contribution in [3.63, 3.8) is 0 Å². The van der Waals surface area contributed by atoms with Crippen LogP contribution in [0.4, 0.5) is 4.39 Å². The zero-order valence-electron chi connectivity index (χ0n) is 9.04. The van der Waals surface area contributed by atoms with Gasteiger partial charge in [-0.15, -0.1) is 0 Å². The van der Waals surface area contributed by atoms with Crippen molar-refractivity contribution in [2.45, 2.75) is 24.7 Å². The Morgan fingerprint density at radius 2 is 2.00 bits per heavy atom. The fourth-order valence-electron chi connectivity index (χ4n) is 1.46. The number of benzene rings is 1. The first-order valence-corrected chi connectivity index (χ1v) is 7.79. The molecule has 90 valence electrons. The Hall–Kier alpha value is -0.420. The summed E-state index contributed by atoms with van der Waals surface area (Å²) in [5.74, 6) is -0.289. The van der Waals surface area contributed by atoms with Gasteiger partial charge in [-0.1, -0.05) is 15.9 Å². The van der Waals surface area contributed by atoms with Crippen LogP contribution in [-0.4, -0.2) is 19.5 Å². The second-order valence-corrected chi connectivity index (χ2v) is 6.50. The van der Waals surface area contributed by atoms with Crippen molar-refractivity contribution in [1.29, 1.82) is 0 Å². The van der Waals surface area contributed by atoms with E-state index in [0.29, 0.717) is 12.0 Å². The van der Waals surface area contributed by atoms with Crippen molar-refractivity contribution in [1.82, 2.24) is 0 Å². The molecule has 1 aromatic carbocycles. The maximum Gasteiger partial charge on any atom is 0.178 e. The van der Waals surface area contributed by atoms with Crippen LogP contribution in [0.2, 0.25) is 0 Å². The van der Waals surface area contributed by atoms with Crippen LogP contribution in [0.25, 0.3) is 0 Å². The van der Waals surface area contributed by atoms with Crippen LogP contribution in [-0.2, 0) is 9.84 Å². The quantitative estimate of drug-likeness (QED) is 0.476. The van der Waals surface area contributed by atoms with Gasteiger partial charge in [0.25, 0.3) is 0 Å². The van der Waals surface area contributed by atoms with Crippen molar-refractivity contribution < 1.29 is 12.8 Å². The van der Waals surface area contributed by atoms with E-state index in [1.54, 1.807) is 6.92 Å². The summed E-state index contributed by atoms with van der Waals surface area (Å²) in [6.45, 7) is 1.61. The Morgan fingerprint density at radius 3 is 2.56 bits per heavy atom. The normalized spacial score (nSPS) is 11.7. The standard InChI is InChI=1S/C11H14BrFO2S/c1-9-8-10(13)4-5-11(9)16(14,15)7-3-2-6-12/h4-5,8H,2-3,6-7H2,1H3. The Balaban J connectivity index is 2.90. The molecule has 0 spiro atoms. The van der Waals surface area contributed by atoms with Crippen molar-refractivity contribution in [2.75, 3.05) is 11.1 Å². The van der Waals surface area contributed by atoms with Crippen molar-refractivity contribution in [3.05, 3.63) is 29.6 Å². The van der Waals surface area contributed by atoms with Gasteiger partial charge in [0.05, 0.1) is 10.6 Å². The molecule has 0 saturated heterocycles. The molecule has 2 nitrogen and oxygen atoms in total. The van der Waals surface area contributed by atoms with Gasteiger partial charge in [-0.2, -0.15) is 0 Å². The highest BCUT2D eigenvalue weighted by molar-refractivity contribution is 9.09. The lowest BCUT2D eigenvalue weighted by Crippen LogP contribution is -2.08. The first kappa shape index (κ1) is 13.6. The molecule has 0 bridgehead atoms. The second-order valence-electron chi connectivity index (χ2n) is 3.62. The molecular formula is C11H14BrFO2S. The maximum atomic E-state index is 12.8. The van der Waals surface area contributed by atoms with Crippen molar-refractivity contribution in [3.8, 4) is 0 Å². The Labute approximate surface area is 104 Å². The molecule has 0 N–H and O–H groups in total. The highest BCUT2D eigenvalue weighted by atomic mass is 79.9. The Kier molecular flexibility index (Phi) is 4.92. The highest BCUT2D eigenvalue weighted by Crippen LogP contribution is 2.18. The third kappa shape index (κ3) is 3.56. The minimum absolute atomic E-state index is 0.116. The van der Waals surface area contributed by atoms with Crippen LogP contribution >= 0.6 is 15.9 Å². The van der Waals surface area contributed by atoms with E-state index in [0.717, 1.165) is 11.8 Å². The molecule has 0 aromatic heterocycles. The fraction of sp³-hybridized carbons (Fsp3) is 0.455. The zero-order valence-corrected chi connectivity index (χ0v) is 11.4. The number of unbranched alkanes of at least 4 members (excludes halogenated alkanes) is 1. The first-order chi connectivity index (χ1) is 7.47. The molecule has 0 atom stereocenters. The van der Waals surface area contributed by atoms with Gasteiger partial charge in [-0.25, -0.2) is 12.8 Å². The van der Waals surface area contributed by atoms with Gasteiger partial charge in [-0.3, -0.25) is 0 Å². The predicted octanol–water partition coefficient (Wildman–Crippen LogP) is 3.08. The molecule has 0 aliphatic carbocycles. The fourth-order valence-corrected chi connectivity index (χ4v) is 3.48. The van der Waals surface area contributed by atoms with E-state index in [-0.39, 0.29) is 10.6 Å². The van der Waals surface area contributed by atoms with Gasteiger partial charge in [0.15, 0.2) is 9.84 Å². The minimum Gasteiger partial charge on any atom is -0.224 e. The van der Waals surface area contributed by atoms with Crippen LogP contribution < -0.4 is 0 Å². The molecule has 0 fully saturated rings. The number of aryl methyl sites for hydroxylation is 1. The van der Waals surface area contributed by atoms with E-state index in [4.69, 9.17) is 0 Å². The number of alkyl halides is 1. The molecule has 0 aliphatic heterocycles. The summed E-state index contributed by atoms with van der Waals surface area (Å²) in [4.78, 5) is 0.239. The summed E-state index contributed by atoms with van der Waals surface area (Å²) in [5, 5.41) is 0.797. The van der Waals surface area contributed by atoms with Gasteiger partial charge in [-0.05, 0) is 43.5 Å². The third-order valence-corrected chi connectivity index (χ3v) is 4.78. The summed E-state index contributed by atoms with van der Waals surface area (Å²) >= 11 is 3.25. The average molecular weight is 309 g/mol. The summed E-state index contributed by atoms with van der Waals surface area (Å²) in [6.07, 6.45) is 1.43. The zero-order chi connectivity index (χ0) is 12.2. The number of hydrogen-bond acceptors (Lipinski definition) is 2. The Bertz CT molecular complexity index is 457. The van der Waals surface area contributed by atoms with Crippen LogP contribution in [0.5, 0.6) is 0 Å². The summed E-state index contributed by atoms with van der Waals surface area (Å²) in [6, 6.07) is 3.77. The molecular weight excluding hydrogens is 295 g/mol. The minimum atomic E-state index is -3.27. The topological polar surface area (TPSA) is 34.1 Å². The van der Waals surface area contributed by atoms with Gasteiger partial charge < -0.3 is 0 Å². The predicted molar refractivity (Wildman–Crippen MR) is 66.2 cm³/mol. The Morgan fingerprint density at radius 1 is 1.31 bits per heavy atom. The van der Waals surface area contributed by atoms with Gasteiger partial charge in [0.1, 0.15) is 5.82 Å². The number of rotatable bonds is 5. The lowest BCUT2D eigenvalue weighted by atomic mass is 10.2. The average Bonchev–Trinajstić information content (AvgIpc) is 2.17. The maximum absolute atomic E-state index is 12.8. The van der Waals surface area contributed by atoms with Crippen LogP contribution in [0.3, 0.4) is 0 Å². The smallest absolute Gasteiger partial charge is 0.178 e. The molecule has 0 heterocycles. The van der Waals surface area contributed by atoms with Crippen LogP contribution in [0.15, 0.2) is 23.1 Å². The highest BCUT2D eigenvalue weighted by Gasteiger charge is 2.16. The lowest BCUT2D eigenvalue weighted by Gasteiger charge is -2.07. The summed E-state index contributed by atoms with van der Waals surface area (Å²) < 4.78 is 36.6. The van der Waals surface area contributed by atoms with Crippen molar-refractivity contribution in [2.24, 2.45) is 0 Å². The molecule has 16 heavy (non-hydrogen) atoms. The monoisotopic (exact) mass is 308 g/mol. The third-order valence-electron chi connectivity index (χ3n) is 2.27. The van der Waals surface area contributed by atoms with Crippen molar-refractivity contribution >= 4 is 25.8 Å². The number of hydrogen-bond donors (Lipinski definition) is 0. The first-order valence-electron chi connectivity index (χ1n) is 5.02. The van der Waals surface area contributed by atoms with E-state index in [2.05, 4.69) is 15.9 Å².